The topological polar surface area (TPSA) is 54.0 Å². The van der Waals surface area contributed by atoms with Crippen molar-refractivity contribution < 1.29 is 4.79 Å². The lowest BCUT2D eigenvalue weighted by molar-refractivity contribution is -0.121. The first-order chi connectivity index (χ1) is 7.25. The van der Waals surface area contributed by atoms with Crippen LogP contribution in [-0.4, -0.2) is 28.6 Å². The molecular formula is C8H10ClN3OS2. The second-order valence-electron chi connectivity index (χ2n) is 3.00. The lowest BCUT2D eigenvalue weighted by atomic mass is 10.5. The van der Waals surface area contributed by atoms with Crippen molar-refractivity contribution in [3.8, 4) is 0 Å². The average molecular weight is 264 g/mol. The van der Waals surface area contributed by atoms with Crippen LogP contribution < -0.4 is 10.6 Å². The number of aromatic nitrogens is 1. The zero-order chi connectivity index (χ0) is 10.7. The van der Waals surface area contributed by atoms with Gasteiger partial charge in [0.05, 0.1) is 6.54 Å². The summed E-state index contributed by atoms with van der Waals surface area (Å²) < 4.78 is 0.507. The Bertz CT molecular complexity index is 351. The molecule has 1 saturated heterocycles. The van der Waals surface area contributed by atoms with Crippen LogP contribution in [0.25, 0.3) is 0 Å². The predicted molar refractivity (Wildman–Crippen MR) is 63.2 cm³/mol. The summed E-state index contributed by atoms with van der Waals surface area (Å²) in [6.07, 6.45) is 1.68. The van der Waals surface area contributed by atoms with Gasteiger partial charge in [-0.2, -0.15) is 0 Å². The molecule has 1 fully saturated rings. The van der Waals surface area contributed by atoms with E-state index in [-0.39, 0.29) is 11.3 Å². The van der Waals surface area contributed by atoms with Gasteiger partial charge < -0.3 is 5.32 Å². The number of amides is 1. The van der Waals surface area contributed by atoms with Crippen LogP contribution in [-0.2, 0) is 11.3 Å². The van der Waals surface area contributed by atoms with Crippen LogP contribution in [0.2, 0.25) is 4.47 Å². The van der Waals surface area contributed by atoms with Gasteiger partial charge in [0.2, 0.25) is 5.91 Å². The molecule has 4 nitrogen and oxygen atoms in total. The number of halogens is 1. The summed E-state index contributed by atoms with van der Waals surface area (Å²) in [7, 11) is 0. The van der Waals surface area contributed by atoms with Gasteiger partial charge in [-0.25, -0.2) is 4.98 Å². The highest BCUT2D eigenvalue weighted by molar-refractivity contribution is 8.00. The summed E-state index contributed by atoms with van der Waals surface area (Å²) >= 11 is 8.70. The van der Waals surface area contributed by atoms with E-state index in [4.69, 9.17) is 11.6 Å². The van der Waals surface area contributed by atoms with E-state index in [0.717, 1.165) is 17.2 Å². The maximum absolute atomic E-state index is 11.6. The second-order valence-corrected chi connectivity index (χ2v) is 5.91. The predicted octanol–water partition coefficient (Wildman–Crippen LogP) is 1.08. The monoisotopic (exact) mass is 263 g/mol. The highest BCUT2D eigenvalue weighted by Crippen LogP contribution is 2.18. The minimum absolute atomic E-state index is 0.0297. The number of carbonyl (C=O) groups is 1. The zero-order valence-electron chi connectivity index (χ0n) is 7.83. The number of thioether (sulfide) groups is 1. The zero-order valence-corrected chi connectivity index (χ0v) is 10.2. The maximum atomic E-state index is 11.6. The van der Waals surface area contributed by atoms with Crippen LogP contribution in [0, 0.1) is 0 Å². The van der Waals surface area contributed by atoms with Crippen molar-refractivity contribution in [3.05, 3.63) is 15.5 Å². The molecule has 0 saturated carbocycles. The number of nitrogens with one attached hydrogen (secondary N) is 2. The summed E-state index contributed by atoms with van der Waals surface area (Å²) in [5, 5.41) is 5.85. The van der Waals surface area contributed by atoms with Crippen molar-refractivity contribution in [1.29, 1.82) is 0 Å². The lowest BCUT2D eigenvalue weighted by Gasteiger charge is -2.08. The highest BCUT2D eigenvalue weighted by Gasteiger charge is 2.22. The first-order valence-corrected chi connectivity index (χ1v) is 6.73. The molecule has 0 radical (unpaired) electrons. The fourth-order valence-electron chi connectivity index (χ4n) is 1.23. The van der Waals surface area contributed by atoms with Gasteiger partial charge >= 0.3 is 0 Å². The molecule has 0 aromatic carbocycles. The van der Waals surface area contributed by atoms with E-state index in [0.29, 0.717) is 11.0 Å². The summed E-state index contributed by atoms with van der Waals surface area (Å²) in [4.78, 5) is 16.5. The smallest absolute Gasteiger partial charge is 0.247 e. The Morgan fingerprint density at radius 1 is 1.80 bits per heavy atom. The molecule has 0 aliphatic carbocycles. The Balaban J connectivity index is 1.80. The molecule has 0 spiro atoms. The minimum Gasteiger partial charge on any atom is -0.349 e. The molecule has 1 aromatic heterocycles. The Kier molecular flexibility index (Phi) is 3.85. The minimum atomic E-state index is -0.103. The third kappa shape index (κ3) is 3.07. The molecule has 2 heterocycles. The average Bonchev–Trinajstić information content (AvgIpc) is 2.84. The molecule has 1 aromatic rings. The molecule has 1 aliphatic rings. The molecule has 0 bridgehead atoms. The molecule has 2 N–H and O–H groups in total. The molecule has 82 valence electrons. The summed E-state index contributed by atoms with van der Waals surface area (Å²) in [5.41, 5.74) is 0. The standard InChI is InChI=1S/C8H10ClN3OS2/c9-8-12-4-5(15-8)3-11-6(13)7-10-1-2-14-7/h4,7,10H,1-3H2,(H,11,13). The van der Waals surface area contributed by atoms with Crippen LogP contribution in [0.5, 0.6) is 0 Å². The highest BCUT2D eigenvalue weighted by atomic mass is 35.5. The third-order valence-corrected chi connectivity index (χ3v) is 4.19. The summed E-state index contributed by atoms with van der Waals surface area (Å²) in [5.74, 6) is 1.02. The first-order valence-electron chi connectivity index (χ1n) is 4.48. The number of hydrogen-bond donors (Lipinski definition) is 2. The van der Waals surface area contributed by atoms with Crippen molar-refractivity contribution in [2.75, 3.05) is 12.3 Å². The van der Waals surface area contributed by atoms with Gasteiger partial charge in [-0.15, -0.1) is 23.1 Å². The number of hydrogen-bond acceptors (Lipinski definition) is 5. The van der Waals surface area contributed by atoms with Crippen LogP contribution >= 0.6 is 34.7 Å². The third-order valence-electron chi connectivity index (χ3n) is 1.92. The summed E-state index contributed by atoms with van der Waals surface area (Å²) in [6, 6.07) is 0. The number of rotatable bonds is 3. The fraction of sp³-hybridized carbons (Fsp3) is 0.500. The van der Waals surface area contributed by atoms with Crippen molar-refractivity contribution in [3.63, 3.8) is 0 Å². The largest absolute Gasteiger partial charge is 0.349 e. The summed E-state index contributed by atoms with van der Waals surface area (Å²) in [6.45, 7) is 1.40. The SMILES string of the molecule is O=C(NCc1cnc(Cl)s1)C1NCCS1. The van der Waals surface area contributed by atoms with E-state index in [1.807, 2.05) is 0 Å². The van der Waals surface area contributed by atoms with Crippen LogP contribution in [0.15, 0.2) is 6.20 Å². The number of nitrogens with zero attached hydrogens (tertiary/aromatic N) is 1. The van der Waals surface area contributed by atoms with Gasteiger partial charge in [-0.1, -0.05) is 11.6 Å². The molecule has 15 heavy (non-hydrogen) atoms. The van der Waals surface area contributed by atoms with Gasteiger partial charge in [-0.3, -0.25) is 10.1 Å². The Labute approximate surface area is 101 Å². The quantitative estimate of drug-likeness (QED) is 0.857. The molecular weight excluding hydrogens is 254 g/mol. The van der Waals surface area contributed by atoms with Gasteiger partial charge in [0.15, 0.2) is 4.47 Å². The van der Waals surface area contributed by atoms with Gasteiger partial charge in [-0.05, 0) is 0 Å². The van der Waals surface area contributed by atoms with Crippen molar-refractivity contribution in [1.82, 2.24) is 15.6 Å². The van der Waals surface area contributed by atoms with E-state index in [9.17, 15) is 4.79 Å². The Hall–Kier alpha value is -0.300. The van der Waals surface area contributed by atoms with E-state index < -0.39 is 0 Å². The molecule has 2 rings (SSSR count). The first kappa shape index (κ1) is 11.2. The van der Waals surface area contributed by atoms with Gasteiger partial charge in [0.25, 0.3) is 0 Å². The van der Waals surface area contributed by atoms with Crippen LogP contribution in [0.4, 0.5) is 0 Å². The molecule has 1 amide bonds. The number of carbonyl (C=O) groups excluding carboxylic acids is 1. The molecule has 1 unspecified atom stereocenters. The van der Waals surface area contributed by atoms with Crippen molar-refractivity contribution >= 4 is 40.6 Å². The van der Waals surface area contributed by atoms with E-state index in [2.05, 4.69) is 15.6 Å². The van der Waals surface area contributed by atoms with Gasteiger partial charge in [0.1, 0.15) is 5.37 Å². The fourth-order valence-corrected chi connectivity index (χ4v) is 3.09. The Morgan fingerprint density at radius 2 is 2.67 bits per heavy atom. The van der Waals surface area contributed by atoms with Crippen molar-refractivity contribution in [2.24, 2.45) is 0 Å². The van der Waals surface area contributed by atoms with E-state index in [1.165, 1.54) is 11.3 Å². The van der Waals surface area contributed by atoms with E-state index >= 15 is 0 Å². The normalized spacial score (nSPS) is 20.5. The Morgan fingerprint density at radius 3 is 3.27 bits per heavy atom. The number of thiazole rings is 1. The van der Waals surface area contributed by atoms with Crippen molar-refractivity contribution in [2.45, 2.75) is 11.9 Å². The molecule has 1 atom stereocenters. The van der Waals surface area contributed by atoms with Gasteiger partial charge in [0, 0.05) is 23.4 Å². The second kappa shape index (κ2) is 5.16. The molecule has 1 aliphatic heterocycles. The van der Waals surface area contributed by atoms with Crippen LogP contribution in [0.1, 0.15) is 4.88 Å². The lowest BCUT2D eigenvalue weighted by Crippen LogP contribution is -2.38. The van der Waals surface area contributed by atoms with Crippen LogP contribution in [0.3, 0.4) is 0 Å². The maximum Gasteiger partial charge on any atom is 0.247 e. The van der Waals surface area contributed by atoms with E-state index in [1.54, 1.807) is 18.0 Å². The molecule has 7 heteroatoms.